The lowest BCUT2D eigenvalue weighted by Gasteiger charge is -2.32. The van der Waals surface area contributed by atoms with Gasteiger partial charge in [0.1, 0.15) is 0 Å². The van der Waals surface area contributed by atoms with Gasteiger partial charge in [-0.25, -0.2) is 4.79 Å². The van der Waals surface area contributed by atoms with Gasteiger partial charge in [0.15, 0.2) is 0 Å². The van der Waals surface area contributed by atoms with E-state index in [9.17, 15) is 9.59 Å². The van der Waals surface area contributed by atoms with E-state index in [2.05, 4.69) is 11.4 Å². The summed E-state index contributed by atoms with van der Waals surface area (Å²) in [5.74, 6) is -0.135. The van der Waals surface area contributed by atoms with Crippen LogP contribution < -0.4 is 11.1 Å². The van der Waals surface area contributed by atoms with Gasteiger partial charge in [0.05, 0.1) is 24.8 Å². The molecule has 3 amide bonds. The maximum Gasteiger partial charge on any atom is 0.321 e. The Labute approximate surface area is 194 Å². The highest BCUT2D eigenvalue weighted by Gasteiger charge is 2.25. The van der Waals surface area contributed by atoms with E-state index in [0.29, 0.717) is 62.8 Å². The second kappa shape index (κ2) is 10.9. The Bertz CT molecular complexity index is 1010. The number of carbonyl (C=O) groups excluding carboxylic acids is 2. The van der Waals surface area contributed by atoms with Crippen molar-refractivity contribution in [2.24, 2.45) is 11.1 Å². The number of benzene rings is 2. The maximum absolute atomic E-state index is 13.3. The number of ether oxygens (including phenoxy) is 1. The largest absolute Gasteiger partial charge is 0.378 e. The molecule has 3 rings (SSSR count). The zero-order chi connectivity index (χ0) is 23.8. The number of morpholine rings is 1. The number of urea groups is 1. The van der Waals surface area contributed by atoms with Crippen molar-refractivity contribution >= 4 is 17.6 Å². The van der Waals surface area contributed by atoms with Crippen molar-refractivity contribution < 1.29 is 14.3 Å². The Kier molecular flexibility index (Phi) is 8.04. The molecule has 33 heavy (non-hydrogen) atoms. The molecule has 8 nitrogen and oxygen atoms in total. The van der Waals surface area contributed by atoms with Gasteiger partial charge in [-0.3, -0.25) is 4.79 Å². The van der Waals surface area contributed by atoms with Gasteiger partial charge in [-0.15, -0.1) is 0 Å². The van der Waals surface area contributed by atoms with Crippen LogP contribution in [0.25, 0.3) is 0 Å². The van der Waals surface area contributed by atoms with Crippen LogP contribution in [-0.2, 0) is 11.3 Å². The van der Waals surface area contributed by atoms with Gasteiger partial charge in [-0.05, 0) is 53.9 Å². The molecule has 0 radical (unpaired) electrons. The molecule has 1 heterocycles. The lowest BCUT2D eigenvalue weighted by molar-refractivity contribution is 0.0564. The van der Waals surface area contributed by atoms with Gasteiger partial charge < -0.3 is 25.6 Å². The highest BCUT2D eigenvalue weighted by atomic mass is 16.5. The minimum absolute atomic E-state index is 0.135. The maximum atomic E-state index is 13.3. The van der Waals surface area contributed by atoms with Crippen LogP contribution in [0.5, 0.6) is 0 Å². The molecule has 1 aliphatic heterocycles. The lowest BCUT2D eigenvalue weighted by atomic mass is 9.92. The average Bonchev–Trinajstić information content (AvgIpc) is 2.84. The van der Waals surface area contributed by atoms with E-state index in [1.54, 1.807) is 34.1 Å². The monoisotopic (exact) mass is 449 g/mol. The van der Waals surface area contributed by atoms with E-state index in [-0.39, 0.29) is 17.4 Å². The highest BCUT2D eigenvalue weighted by molar-refractivity contribution is 5.94. The average molecular weight is 450 g/mol. The fraction of sp³-hybridized carbons (Fsp3) is 0.400. The first-order chi connectivity index (χ1) is 15.8. The highest BCUT2D eigenvalue weighted by Crippen LogP contribution is 2.21. The summed E-state index contributed by atoms with van der Waals surface area (Å²) in [7, 11) is 0. The second-order valence-electron chi connectivity index (χ2n) is 8.95. The van der Waals surface area contributed by atoms with E-state index in [0.717, 1.165) is 5.56 Å². The molecule has 2 aromatic carbocycles. The van der Waals surface area contributed by atoms with Crippen molar-refractivity contribution in [3.05, 3.63) is 65.2 Å². The Hall–Kier alpha value is -3.41. The van der Waals surface area contributed by atoms with Gasteiger partial charge in [-0.1, -0.05) is 26.0 Å². The van der Waals surface area contributed by atoms with Gasteiger partial charge in [0, 0.05) is 37.4 Å². The number of carbonyl (C=O) groups is 2. The van der Waals surface area contributed by atoms with E-state index in [1.807, 2.05) is 38.1 Å². The van der Waals surface area contributed by atoms with Crippen LogP contribution in [0.3, 0.4) is 0 Å². The summed E-state index contributed by atoms with van der Waals surface area (Å²) in [5.41, 5.74) is 8.25. The Morgan fingerprint density at radius 1 is 1.18 bits per heavy atom. The Morgan fingerprint density at radius 3 is 2.52 bits per heavy atom. The van der Waals surface area contributed by atoms with Crippen LogP contribution in [0, 0.1) is 16.7 Å². The first-order valence-electron chi connectivity index (χ1n) is 11.0. The molecule has 0 unspecified atom stereocenters. The molecule has 8 heteroatoms. The van der Waals surface area contributed by atoms with Crippen LogP contribution in [0.2, 0.25) is 0 Å². The van der Waals surface area contributed by atoms with E-state index in [4.69, 9.17) is 15.7 Å². The van der Waals surface area contributed by atoms with Crippen LogP contribution in [0.1, 0.15) is 35.3 Å². The number of nitrogens with zero attached hydrogens (tertiary/aromatic N) is 3. The van der Waals surface area contributed by atoms with E-state index in [1.165, 1.54) is 0 Å². The van der Waals surface area contributed by atoms with Crippen LogP contribution in [-0.4, -0.2) is 61.1 Å². The predicted molar refractivity (Wildman–Crippen MR) is 127 cm³/mol. The molecule has 3 N–H and O–H groups in total. The van der Waals surface area contributed by atoms with Gasteiger partial charge in [-0.2, -0.15) is 5.26 Å². The molecule has 0 spiro atoms. The van der Waals surface area contributed by atoms with Gasteiger partial charge in [0.2, 0.25) is 0 Å². The molecule has 1 fully saturated rings. The number of hydrogen-bond donors (Lipinski definition) is 2. The third kappa shape index (κ3) is 6.78. The zero-order valence-electron chi connectivity index (χ0n) is 19.2. The summed E-state index contributed by atoms with van der Waals surface area (Å²) in [4.78, 5) is 29.3. The van der Waals surface area contributed by atoms with Crippen LogP contribution in [0.15, 0.2) is 48.5 Å². The number of nitrogens with one attached hydrogen (secondary N) is 1. The molecule has 0 atom stereocenters. The number of amides is 3. The summed E-state index contributed by atoms with van der Waals surface area (Å²) in [5, 5.41) is 12.0. The topological polar surface area (TPSA) is 112 Å². The molecule has 0 aromatic heterocycles. The molecule has 0 bridgehead atoms. The van der Waals surface area contributed by atoms with Crippen molar-refractivity contribution in [2.45, 2.75) is 20.4 Å². The second-order valence-corrected chi connectivity index (χ2v) is 8.95. The third-order valence-corrected chi connectivity index (χ3v) is 5.57. The fourth-order valence-corrected chi connectivity index (χ4v) is 3.59. The number of anilines is 1. The molecule has 0 aliphatic carbocycles. The standard InChI is InChI=1S/C25H31N5O3/c1-25(2,17-27)18-30(23(31)21-8-6-19(15-26)7-9-21)16-20-4-3-5-22(14-20)28-24(32)29-10-12-33-13-11-29/h3-9,14H,10-13,16-18,27H2,1-2H3,(H,28,32). The van der Waals surface area contributed by atoms with Crippen molar-refractivity contribution in [2.75, 3.05) is 44.7 Å². The van der Waals surface area contributed by atoms with Crippen molar-refractivity contribution in [1.29, 1.82) is 5.26 Å². The van der Waals surface area contributed by atoms with Gasteiger partial charge >= 0.3 is 6.03 Å². The van der Waals surface area contributed by atoms with E-state index >= 15 is 0 Å². The molecular formula is C25H31N5O3. The minimum atomic E-state index is -0.273. The summed E-state index contributed by atoms with van der Waals surface area (Å²) >= 11 is 0. The molecule has 1 saturated heterocycles. The summed E-state index contributed by atoms with van der Waals surface area (Å²) in [6.45, 7) is 7.50. The first-order valence-corrected chi connectivity index (χ1v) is 11.0. The first kappa shape index (κ1) is 24.2. The summed E-state index contributed by atoms with van der Waals surface area (Å²) in [6.07, 6.45) is 0. The lowest BCUT2D eigenvalue weighted by Crippen LogP contribution is -2.43. The van der Waals surface area contributed by atoms with Gasteiger partial charge in [0.25, 0.3) is 5.91 Å². The predicted octanol–water partition coefficient (Wildman–Crippen LogP) is 3.05. The number of hydrogen-bond acceptors (Lipinski definition) is 5. The van der Waals surface area contributed by atoms with Crippen molar-refractivity contribution in [3.8, 4) is 6.07 Å². The Balaban J connectivity index is 1.77. The molecular weight excluding hydrogens is 418 g/mol. The van der Waals surface area contributed by atoms with Crippen molar-refractivity contribution in [3.63, 3.8) is 0 Å². The third-order valence-electron chi connectivity index (χ3n) is 5.57. The summed E-state index contributed by atoms with van der Waals surface area (Å²) < 4.78 is 5.30. The van der Waals surface area contributed by atoms with Crippen molar-refractivity contribution in [1.82, 2.24) is 9.80 Å². The number of nitrogens with two attached hydrogens (primary N) is 1. The number of nitriles is 1. The van der Waals surface area contributed by atoms with Crippen LogP contribution in [0.4, 0.5) is 10.5 Å². The normalized spacial score (nSPS) is 13.8. The minimum Gasteiger partial charge on any atom is -0.378 e. The Morgan fingerprint density at radius 2 is 1.88 bits per heavy atom. The van der Waals surface area contributed by atoms with Crippen LogP contribution >= 0.6 is 0 Å². The zero-order valence-corrected chi connectivity index (χ0v) is 19.2. The molecule has 2 aromatic rings. The quantitative estimate of drug-likeness (QED) is 0.675. The number of rotatable bonds is 7. The molecule has 1 aliphatic rings. The summed E-state index contributed by atoms with van der Waals surface area (Å²) in [6, 6.07) is 16.0. The molecule has 174 valence electrons. The SMILES string of the molecule is CC(C)(CN)CN(Cc1cccc(NC(=O)N2CCOCC2)c1)C(=O)c1ccc(C#N)cc1. The smallest absolute Gasteiger partial charge is 0.321 e. The molecule has 0 saturated carbocycles. The fourth-order valence-electron chi connectivity index (χ4n) is 3.59. The van der Waals surface area contributed by atoms with E-state index < -0.39 is 0 Å².